The standard InChI is InChI=1S/C21H31N3O3.2ClH/c1-27-21(26)17-4-6-18(7-5-17)23-20(25)16-10-12-24(13-11-16)19-8-2-15(14-22)3-9-19;;/h2-3,8-9,16-18H,4-7,10-14,22H2,1H3,(H,23,25);2*1H/t17-,18-;;. The molecule has 1 aromatic rings. The zero-order valence-corrected chi connectivity index (χ0v) is 18.6. The summed E-state index contributed by atoms with van der Waals surface area (Å²) in [4.78, 5) is 26.6. The Morgan fingerprint density at radius 2 is 1.59 bits per heavy atom. The molecule has 2 fully saturated rings. The van der Waals surface area contributed by atoms with Crippen LogP contribution in [0.5, 0.6) is 0 Å². The lowest BCUT2D eigenvalue weighted by molar-refractivity contribution is -0.146. The van der Waals surface area contributed by atoms with Crippen LogP contribution in [0.2, 0.25) is 0 Å². The Morgan fingerprint density at radius 3 is 2.10 bits per heavy atom. The molecule has 1 aliphatic heterocycles. The predicted molar refractivity (Wildman–Crippen MR) is 120 cm³/mol. The molecule has 0 radical (unpaired) electrons. The van der Waals surface area contributed by atoms with E-state index in [2.05, 4.69) is 34.5 Å². The Hall–Kier alpha value is -1.50. The summed E-state index contributed by atoms with van der Waals surface area (Å²) in [7, 11) is 1.44. The molecule has 3 rings (SSSR count). The third-order valence-corrected chi connectivity index (χ3v) is 6.01. The van der Waals surface area contributed by atoms with E-state index < -0.39 is 0 Å². The third kappa shape index (κ3) is 6.76. The van der Waals surface area contributed by atoms with Crippen molar-refractivity contribution in [1.82, 2.24) is 5.32 Å². The molecule has 0 unspecified atom stereocenters. The van der Waals surface area contributed by atoms with Gasteiger partial charge in [0, 0.05) is 37.3 Å². The summed E-state index contributed by atoms with van der Waals surface area (Å²) in [5, 5.41) is 3.21. The zero-order chi connectivity index (χ0) is 19.2. The molecule has 1 heterocycles. The number of hydrogen-bond donors (Lipinski definition) is 2. The molecule has 0 bridgehead atoms. The van der Waals surface area contributed by atoms with Crippen LogP contribution in [0.15, 0.2) is 24.3 Å². The van der Waals surface area contributed by atoms with E-state index in [1.807, 2.05) is 0 Å². The quantitative estimate of drug-likeness (QED) is 0.680. The molecule has 1 aliphatic carbocycles. The second-order valence-corrected chi connectivity index (χ2v) is 7.71. The number of piperidine rings is 1. The Bertz CT molecular complexity index is 641. The van der Waals surface area contributed by atoms with Gasteiger partial charge in [-0.2, -0.15) is 0 Å². The number of carbonyl (C=O) groups is 2. The van der Waals surface area contributed by atoms with E-state index in [9.17, 15) is 9.59 Å². The maximum absolute atomic E-state index is 12.6. The monoisotopic (exact) mass is 445 g/mol. The lowest BCUT2D eigenvalue weighted by atomic mass is 9.85. The van der Waals surface area contributed by atoms with Crippen molar-refractivity contribution in [1.29, 1.82) is 0 Å². The summed E-state index contributed by atoms with van der Waals surface area (Å²) in [5.41, 5.74) is 7.99. The number of ether oxygens (including phenoxy) is 1. The molecule has 0 atom stereocenters. The molecule has 1 aromatic carbocycles. The molecule has 1 saturated heterocycles. The second kappa shape index (κ2) is 12.3. The first kappa shape index (κ1) is 25.5. The van der Waals surface area contributed by atoms with Gasteiger partial charge in [0.1, 0.15) is 0 Å². The van der Waals surface area contributed by atoms with Crippen LogP contribution in [0, 0.1) is 11.8 Å². The maximum atomic E-state index is 12.6. The van der Waals surface area contributed by atoms with Gasteiger partial charge < -0.3 is 20.7 Å². The van der Waals surface area contributed by atoms with E-state index in [0.717, 1.165) is 57.2 Å². The number of methoxy groups -OCH3 is 1. The Morgan fingerprint density at radius 1 is 1.00 bits per heavy atom. The van der Waals surface area contributed by atoms with Gasteiger partial charge in [-0.05, 0) is 56.2 Å². The normalized spacial score (nSPS) is 22.1. The van der Waals surface area contributed by atoms with Crippen molar-refractivity contribution in [2.75, 3.05) is 25.1 Å². The van der Waals surface area contributed by atoms with Gasteiger partial charge in [0.2, 0.25) is 5.91 Å². The lowest BCUT2D eigenvalue weighted by Crippen LogP contribution is -2.45. The number of carbonyl (C=O) groups excluding carboxylic acids is 2. The van der Waals surface area contributed by atoms with Crippen molar-refractivity contribution in [3.05, 3.63) is 29.8 Å². The molecule has 6 nitrogen and oxygen atoms in total. The van der Waals surface area contributed by atoms with E-state index in [0.29, 0.717) is 6.54 Å². The molecular formula is C21H33Cl2N3O3. The number of rotatable bonds is 5. The summed E-state index contributed by atoms with van der Waals surface area (Å²) in [5.74, 6) is 0.140. The fourth-order valence-electron chi connectivity index (χ4n) is 4.20. The van der Waals surface area contributed by atoms with Crippen LogP contribution in [-0.4, -0.2) is 38.1 Å². The number of hydrogen-bond acceptors (Lipinski definition) is 5. The minimum absolute atomic E-state index is 0. The van der Waals surface area contributed by atoms with Crippen LogP contribution in [-0.2, 0) is 20.9 Å². The van der Waals surface area contributed by atoms with Crippen LogP contribution in [0.1, 0.15) is 44.1 Å². The molecule has 29 heavy (non-hydrogen) atoms. The predicted octanol–water partition coefficient (Wildman–Crippen LogP) is 3.05. The van der Waals surface area contributed by atoms with Crippen molar-refractivity contribution in [2.45, 2.75) is 51.1 Å². The number of halogens is 2. The molecule has 2 aliphatic rings. The number of nitrogens with zero attached hydrogens (tertiary/aromatic N) is 1. The van der Waals surface area contributed by atoms with Gasteiger partial charge in [-0.25, -0.2) is 0 Å². The third-order valence-electron chi connectivity index (χ3n) is 6.01. The number of nitrogens with one attached hydrogen (secondary N) is 1. The second-order valence-electron chi connectivity index (χ2n) is 7.71. The van der Waals surface area contributed by atoms with E-state index in [1.165, 1.54) is 12.8 Å². The van der Waals surface area contributed by atoms with Crippen LogP contribution < -0.4 is 16.0 Å². The molecule has 0 aromatic heterocycles. The average Bonchev–Trinajstić information content (AvgIpc) is 2.74. The van der Waals surface area contributed by atoms with E-state index in [4.69, 9.17) is 10.5 Å². The minimum Gasteiger partial charge on any atom is -0.469 e. The summed E-state index contributed by atoms with van der Waals surface area (Å²) >= 11 is 0. The molecule has 0 spiro atoms. The SMILES string of the molecule is COC(=O)[C@H]1CC[C@H](NC(=O)C2CCN(c3ccc(CN)cc3)CC2)CC1.Cl.Cl. The average molecular weight is 446 g/mol. The highest BCUT2D eigenvalue weighted by molar-refractivity contribution is 5.85. The van der Waals surface area contributed by atoms with Gasteiger partial charge >= 0.3 is 5.97 Å². The van der Waals surface area contributed by atoms with Crippen molar-refractivity contribution in [3.8, 4) is 0 Å². The summed E-state index contributed by atoms with van der Waals surface area (Å²) in [6.45, 7) is 2.36. The van der Waals surface area contributed by atoms with Gasteiger partial charge in [-0.1, -0.05) is 12.1 Å². The molecule has 1 saturated carbocycles. The first-order valence-corrected chi connectivity index (χ1v) is 10.0. The van der Waals surface area contributed by atoms with Crippen molar-refractivity contribution in [3.63, 3.8) is 0 Å². The first-order chi connectivity index (χ1) is 13.1. The van der Waals surface area contributed by atoms with Gasteiger partial charge in [0.25, 0.3) is 0 Å². The van der Waals surface area contributed by atoms with Gasteiger partial charge in [0.15, 0.2) is 0 Å². The lowest BCUT2D eigenvalue weighted by Gasteiger charge is -2.34. The van der Waals surface area contributed by atoms with E-state index in [1.54, 1.807) is 0 Å². The highest BCUT2D eigenvalue weighted by Crippen LogP contribution is 2.27. The number of anilines is 1. The largest absolute Gasteiger partial charge is 0.469 e. The minimum atomic E-state index is -0.119. The zero-order valence-electron chi connectivity index (χ0n) is 17.0. The number of nitrogens with two attached hydrogens (primary N) is 1. The van der Waals surface area contributed by atoms with Gasteiger partial charge in [-0.15, -0.1) is 24.8 Å². The fraction of sp³-hybridized carbons (Fsp3) is 0.619. The van der Waals surface area contributed by atoms with Crippen LogP contribution in [0.3, 0.4) is 0 Å². The Balaban J connectivity index is 0.00000210. The summed E-state index contributed by atoms with van der Waals surface area (Å²) in [6.07, 6.45) is 5.07. The Labute approximate surface area is 185 Å². The van der Waals surface area contributed by atoms with Crippen molar-refractivity contribution < 1.29 is 14.3 Å². The molecule has 8 heteroatoms. The number of esters is 1. The fourth-order valence-corrected chi connectivity index (χ4v) is 4.20. The van der Waals surface area contributed by atoms with Crippen LogP contribution in [0.4, 0.5) is 5.69 Å². The van der Waals surface area contributed by atoms with E-state index >= 15 is 0 Å². The van der Waals surface area contributed by atoms with Crippen molar-refractivity contribution >= 4 is 42.4 Å². The first-order valence-electron chi connectivity index (χ1n) is 10.0. The highest BCUT2D eigenvalue weighted by Gasteiger charge is 2.30. The number of benzene rings is 1. The molecule has 1 amide bonds. The number of amides is 1. The highest BCUT2D eigenvalue weighted by atomic mass is 35.5. The van der Waals surface area contributed by atoms with E-state index in [-0.39, 0.29) is 54.6 Å². The topological polar surface area (TPSA) is 84.7 Å². The van der Waals surface area contributed by atoms with Crippen LogP contribution >= 0.6 is 24.8 Å². The summed E-state index contributed by atoms with van der Waals surface area (Å²) in [6, 6.07) is 8.56. The molecule has 164 valence electrons. The smallest absolute Gasteiger partial charge is 0.308 e. The van der Waals surface area contributed by atoms with Crippen LogP contribution in [0.25, 0.3) is 0 Å². The van der Waals surface area contributed by atoms with Crippen molar-refractivity contribution in [2.24, 2.45) is 17.6 Å². The molecular weight excluding hydrogens is 413 g/mol. The summed E-state index contributed by atoms with van der Waals surface area (Å²) < 4.78 is 4.82. The maximum Gasteiger partial charge on any atom is 0.308 e. The van der Waals surface area contributed by atoms with Gasteiger partial charge in [-0.3, -0.25) is 9.59 Å². The molecule has 3 N–H and O–H groups in total. The Kier molecular flexibility index (Phi) is 10.8. The van der Waals surface area contributed by atoms with Gasteiger partial charge in [0.05, 0.1) is 13.0 Å².